The number of nitrogens with two attached hydrogens (primary N) is 1. The van der Waals surface area contributed by atoms with E-state index in [9.17, 15) is 10.1 Å². The van der Waals surface area contributed by atoms with Gasteiger partial charge >= 0.3 is 5.97 Å². The molecule has 0 atom stereocenters. The second kappa shape index (κ2) is 8.81. The number of imidazole rings is 1. The summed E-state index contributed by atoms with van der Waals surface area (Å²) >= 11 is 1.25. The van der Waals surface area contributed by atoms with Gasteiger partial charge in [0.25, 0.3) is 0 Å². The number of ether oxygens (including phenoxy) is 1. The number of fused-ring (bicyclic) bond motifs is 1. The molecule has 2 aromatic carbocycles. The molecule has 2 heterocycles. The summed E-state index contributed by atoms with van der Waals surface area (Å²) < 4.78 is 5.30. The topological polar surface area (TPSA) is 117 Å². The van der Waals surface area contributed by atoms with Crippen LogP contribution in [0.2, 0.25) is 0 Å². The highest BCUT2D eigenvalue weighted by molar-refractivity contribution is 8.06. The number of carbonyl (C=O) groups is 1. The first-order chi connectivity index (χ1) is 15.1. The van der Waals surface area contributed by atoms with Crippen molar-refractivity contribution in [2.75, 3.05) is 6.61 Å². The molecule has 4 rings (SSSR count). The van der Waals surface area contributed by atoms with Crippen LogP contribution in [0.15, 0.2) is 76.4 Å². The van der Waals surface area contributed by atoms with Gasteiger partial charge in [0.15, 0.2) is 0 Å². The first-order valence-electron chi connectivity index (χ1n) is 9.58. The number of para-hydroxylation sites is 2. The fraction of sp³-hybridized carbons (Fsp3) is 0.0870. The second-order valence-corrected chi connectivity index (χ2v) is 7.45. The van der Waals surface area contributed by atoms with Gasteiger partial charge in [0.1, 0.15) is 28.9 Å². The summed E-state index contributed by atoms with van der Waals surface area (Å²) in [5.41, 5.74) is 9.79. The molecule has 0 bridgehead atoms. The van der Waals surface area contributed by atoms with Gasteiger partial charge in [0, 0.05) is 5.57 Å². The number of hydrogen-bond acceptors (Lipinski definition) is 7. The van der Waals surface area contributed by atoms with Crippen molar-refractivity contribution in [2.45, 2.75) is 6.92 Å². The van der Waals surface area contributed by atoms with E-state index >= 15 is 0 Å². The smallest absolute Gasteiger partial charge is 0.344 e. The molecular formula is C23H19N5O2S. The Labute approximate surface area is 183 Å². The van der Waals surface area contributed by atoms with E-state index in [0.717, 1.165) is 16.6 Å². The summed E-state index contributed by atoms with van der Waals surface area (Å²) in [6, 6.07) is 19.1. The standard InChI is InChI=1S/C23H19N5O2S/c1-2-30-23(29)19(21-26-17-10-6-7-11-18(17)27-21)22-28-20(25)15(12-24)16(13-31-22)14-8-4-3-5-9-14/h3-11,13,28H,2,25H2,1H3,(H,26,27)/b22-19-. The quantitative estimate of drug-likeness (QED) is 0.426. The predicted octanol–water partition coefficient (Wildman–Crippen LogP) is 3.87. The van der Waals surface area contributed by atoms with Crippen molar-refractivity contribution in [3.8, 4) is 6.07 Å². The van der Waals surface area contributed by atoms with Gasteiger partial charge in [-0.05, 0) is 30.0 Å². The van der Waals surface area contributed by atoms with Crippen molar-refractivity contribution in [3.05, 3.63) is 87.8 Å². The SMILES string of the molecule is CCOC(=O)/C(=C1/NC(N)=C(C#N)C(c2ccccc2)=CS1)c1nc2ccccc2[nH]1. The Morgan fingerprint density at radius 2 is 1.94 bits per heavy atom. The van der Waals surface area contributed by atoms with Crippen LogP contribution in [0.3, 0.4) is 0 Å². The maximum atomic E-state index is 12.9. The molecule has 0 saturated heterocycles. The number of hydrogen-bond donors (Lipinski definition) is 3. The molecule has 154 valence electrons. The average molecular weight is 430 g/mol. The van der Waals surface area contributed by atoms with Gasteiger partial charge in [0.05, 0.1) is 22.7 Å². The summed E-state index contributed by atoms with van der Waals surface area (Å²) in [4.78, 5) is 20.6. The van der Waals surface area contributed by atoms with Crippen molar-refractivity contribution in [3.63, 3.8) is 0 Å². The van der Waals surface area contributed by atoms with E-state index in [1.54, 1.807) is 12.3 Å². The van der Waals surface area contributed by atoms with E-state index in [-0.39, 0.29) is 18.0 Å². The number of thioether (sulfide) groups is 1. The van der Waals surface area contributed by atoms with Crippen molar-refractivity contribution >= 4 is 39.9 Å². The third-order valence-electron chi connectivity index (χ3n) is 4.61. The van der Waals surface area contributed by atoms with Crippen molar-refractivity contribution in [2.24, 2.45) is 5.73 Å². The molecule has 3 aromatic rings. The maximum absolute atomic E-state index is 12.9. The van der Waals surface area contributed by atoms with E-state index in [4.69, 9.17) is 10.5 Å². The Balaban J connectivity index is 1.88. The van der Waals surface area contributed by atoms with E-state index in [1.807, 2.05) is 54.6 Å². The van der Waals surface area contributed by atoms with Gasteiger partial charge in [-0.15, -0.1) is 0 Å². The third-order valence-corrected chi connectivity index (χ3v) is 5.51. The molecule has 8 heteroatoms. The number of aromatic nitrogens is 2. The van der Waals surface area contributed by atoms with Crippen LogP contribution in [-0.4, -0.2) is 22.5 Å². The molecule has 0 spiro atoms. The number of benzene rings is 2. The lowest BCUT2D eigenvalue weighted by Gasteiger charge is -2.12. The van der Waals surface area contributed by atoms with E-state index in [0.29, 0.717) is 22.0 Å². The number of nitrogens with one attached hydrogen (secondary N) is 2. The van der Waals surface area contributed by atoms with Gasteiger partial charge in [-0.2, -0.15) is 5.26 Å². The number of carbonyl (C=O) groups excluding carboxylic acids is 1. The third kappa shape index (κ3) is 4.04. The van der Waals surface area contributed by atoms with E-state index < -0.39 is 5.97 Å². The van der Waals surface area contributed by atoms with Crippen LogP contribution in [0.1, 0.15) is 18.3 Å². The fourth-order valence-corrected chi connectivity index (χ4v) is 4.14. The molecular weight excluding hydrogens is 410 g/mol. The molecule has 31 heavy (non-hydrogen) atoms. The van der Waals surface area contributed by atoms with Crippen molar-refractivity contribution in [1.82, 2.24) is 15.3 Å². The van der Waals surface area contributed by atoms with Crippen LogP contribution in [0.5, 0.6) is 0 Å². The Hall–Kier alpha value is -3.96. The van der Waals surface area contributed by atoms with Crippen LogP contribution in [-0.2, 0) is 9.53 Å². The van der Waals surface area contributed by atoms with Crippen molar-refractivity contribution < 1.29 is 9.53 Å². The Morgan fingerprint density at radius 1 is 1.19 bits per heavy atom. The first kappa shape index (κ1) is 20.3. The second-order valence-electron chi connectivity index (χ2n) is 6.57. The lowest BCUT2D eigenvalue weighted by atomic mass is 10.0. The number of allylic oxidation sites excluding steroid dienone is 2. The normalized spacial score (nSPS) is 15.5. The fourth-order valence-electron chi connectivity index (χ4n) is 3.18. The van der Waals surface area contributed by atoms with Gasteiger partial charge < -0.3 is 20.8 Å². The first-order valence-corrected chi connectivity index (χ1v) is 10.5. The van der Waals surface area contributed by atoms with Crippen LogP contribution >= 0.6 is 11.8 Å². The Bertz CT molecular complexity index is 1250. The summed E-state index contributed by atoms with van der Waals surface area (Å²) in [6.07, 6.45) is 0. The minimum atomic E-state index is -0.542. The Morgan fingerprint density at radius 3 is 2.65 bits per heavy atom. The molecule has 0 aliphatic carbocycles. The zero-order valence-corrected chi connectivity index (χ0v) is 17.5. The molecule has 1 aromatic heterocycles. The largest absolute Gasteiger partial charge is 0.462 e. The van der Waals surface area contributed by atoms with Crippen LogP contribution in [0.4, 0.5) is 0 Å². The minimum Gasteiger partial charge on any atom is -0.462 e. The highest BCUT2D eigenvalue weighted by atomic mass is 32.2. The molecule has 4 N–H and O–H groups in total. The molecule has 0 amide bonds. The van der Waals surface area contributed by atoms with E-state index in [1.165, 1.54) is 11.8 Å². The number of rotatable bonds is 4. The van der Waals surface area contributed by atoms with Crippen LogP contribution in [0.25, 0.3) is 22.2 Å². The van der Waals surface area contributed by atoms with Gasteiger partial charge in [-0.3, -0.25) is 0 Å². The number of esters is 1. The predicted molar refractivity (Wildman–Crippen MR) is 122 cm³/mol. The number of nitrogens with zero attached hydrogens (tertiary/aromatic N) is 2. The number of aromatic amines is 1. The summed E-state index contributed by atoms with van der Waals surface area (Å²) in [5, 5.41) is 15.0. The highest BCUT2D eigenvalue weighted by Crippen LogP contribution is 2.35. The van der Waals surface area contributed by atoms with E-state index in [2.05, 4.69) is 21.4 Å². The molecule has 0 radical (unpaired) electrons. The van der Waals surface area contributed by atoms with Crippen LogP contribution < -0.4 is 11.1 Å². The van der Waals surface area contributed by atoms with Gasteiger partial charge in [-0.1, -0.05) is 54.2 Å². The van der Waals surface area contributed by atoms with Gasteiger partial charge in [0.2, 0.25) is 0 Å². The molecule has 0 saturated carbocycles. The molecule has 1 aliphatic rings. The monoisotopic (exact) mass is 429 g/mol. The highest BCUT2D eigenvalue weighted by Gasteiger charge is 2.26. The molecule has 7 nitrogen and oxygen atoms in total. The van der Waals surface area contributed by atoms with Crippen molar-refractivity contribution in [1.29, 1.82) is 5.26 Å². The van der Waals surface area contributed by atoms with Crippen LogP contribution in [0, 0.1) is 11.3 Å². The minimum absolute atomic E-state index is 0.149. The summed E-state index contributed by atoms with van der Waals surface area (Å²) in [5.74, 6) is -0.0348. The number of H-pyrrole nitrogens is 1. The molecule has 1 aliphatic heterocycles. The Kier molecular flexibility index (Phi) is 5.78. The zero-order chi connectivity index (χ0) is 21.8. The van der Waals surface area contributed by atoms with Gasteiger partial charge in [-0.25, -0.2) is 9.78 Å². The maximum Gasteiger partial charge on any atom is 0.344 e. The zero-order valence-electron chi connectivity index (χ0n) is 16.7. The summed E-state index contributed by atoms with van der Waals surface area (Å²) in [7, 11) is 0. The lowest BCUT2D eigenvalue weighted by molar-refractivity contribution is -0.136. The molecule has 0 unspecified atom stereocenters. The number of nitriles is 1. The summed E-state index contributed by atoms with van der Waals surface area (Å²) in [6.45, 7) is 1.95. The lowest BCUT2D eigenvalue weighted by Crippen LogP contribution is -2.23. The average Bonchev–Trinajstić information content (AvgIpc) is 3.13. The molecule has 0 fully saturated rings.